The molecule has 0 saturated carbocycles. The van der Waals surface area contributed by atoms with E-state index in [-0.39, 0.29) is 6.04 Å². The first-order valence-corrected chi connectivity index (χ1v) is 5.40. The van der Waals surface area contributed by atoms with Crippen molar-refractivity contribution < 1.29 is 4.42 Å². The average Bonchev–Trinajstić information content (AvgIpc) is 2.75. The number of nitrogens with zero attached hydrogens (tertiary/aromatic N) is 3. The molecule has 0 radical (unpaired) electrons. The number of hydrogen-bond acceptors (Lipinski definition) is 6. The topological polar surface area (TPSA) is 89.9 Å². The van der Waals surface area contributed by atoms with Gasteiger partial charge in [-0.1, -0.05) is 11.2 Å². The summed E-state index contributed by atoms with van der Waals surface area (Å²) in [6.45, 7) is 4.28. The van der Waals surface area contributed by atoms with Crippen molar-refractivity contribution in [3.63, 3.8) is 0 Å². The Morgan fingerprint density at radius 2 is 2.24 bits per heavy atom. The van der Waals surface area contributed by atoms with Crippen molar-refractivity contribution in [2.24, 2.45) is 5.73 Å². The van der Waals surface area contributed by atoms with Crippen LogP contribution >= 0.6 is 0 Å². The zero-order valence-electron chi connectivity index (χ0n) is 9.84. The van der Waals surface area contributed by atoms with Crippen molar-refractivity contribution in [2.75, 3.05) is 5.32 Å². The maximum Gasteiger partial charge on any atom is 0.315 e. The summed E-state index contributed by atoms with van der Waals surface area (Å²) in [5.74, 6) is 0.421. The van der Waals surface area contributed by atoms with Crippen molar-refractivity contribution in [2.45, 2.75) is 26.4 Å². The molecule has 90 valence electrons. The van der Waals surface area contributed by atoms with Crippen molar-refractivity contribution in [1.82, 2.24) is 15.2 Å². The molecular formula is C11H15N5O. The third kappa shape index (κ3) is 3.01. The number of pyridine rings is 1. The Bertz CT molecular complexity index is 494. The largest absolute Gasteiger partial charge is 0.406 e. The molecule has 17 heavy (non-hydrogen) atoms. The molecule has 6 nitrogen and oxygen atoms in total. The van der Waals surface area contributed by atoms with E-state index in [0.717, 1.165) is 11.4 Å². The third-order valence-electron chi connectivity index (χ3n) is 2.20. The lowest BCUT2D eigenvalue weighted by atomic mass is 10.3. The standard InChI is InChI=1S/C11H15N5O/c1-7-4-3-5-9(14-7)6-13-11-16-15-10(17-11)8(2)12/h3-5,8H,6,12H2,1-2H3,(H,13,16). The van der Waals surface area contributed by atoms with E-state index in [1.54, 1.807) is 6.92 Å². The van der Waals surface area contributed by atoms with Gasteiger partial charge in [-0.15, -0.1) is 5.10 Å². The van der Waals surface area contributed by atoms with Crippen LogP contribution in [0.25, 0.3) is 0 Å². The fraction of sp³-hybridized carbons (Fsp3) is 0.364. The molecule has 0 aliphatic carbocycles. The average molecular weight is 233 g/mol. The Balaban J connectivity index is 1.97. The van der Waals surface area contributed by atoms with E-state index in [4.69, 9.17) is 10.2 Å². The van der Waals surface area contributed by atoms with Crippen LogP contribution in [0.4, 0.5) is 6.01 Å². The van der Waals surface area contributed by atoms with Gasteiger partial charge in [-0.05, 0) is 26.0 Å². The zero-order chi connectivity index (χ0) is 12.3. The molecule has 2 aromatic rings. The summed E-state index contributed by atoms with van der Waals surface area (Å²) in [5.41, 5.74) is 7.52. The Hall–Kier alpha value is -1.95. The van der Waals surface area contributed by atoms with Gasteiger partial charge in [-0.3, -0.25) is 4.98 Å². The smallest absolute Gasteiger partial charge is 0.315 e. The number of anilines is 1. The van der Waals surface area contributed by atoms with Gasteiger partial charge in [0.2, 0.25) is 5.89 Å². The molecular weight excluding hydrogens is 218 g/mol. The molecule has 0 bridgehead atoms. The van der Waals surface area contributed by atoms with Gasteiger partial charge in [0, 0.05) is 5.69 Å². The molecule has 0 amide bonds. The monoisotopic (exact) mass is 233 g/mol. The molecule has 3 N–H and O–H groups in total. The molecule has 1 atom stereocenters. The molecule has 2 heterocycles. The Kier molecular flexibility index (Phi) is 3.34. The van der Waals surface area contributed by atoms with Crippen LogP contribution in [-0.2, 0) is 6.54 Å². The van der Waals surface area contributed by atoms with Crippen LogP contribution in [0.1, 0.15) is 30.2 Å². The number of hydrogen-bond donors (Lipinski definition) is 2. The lowest BCUT2D eigenvalue weighted by Gasteiger charge is -2.01. The van der Waals surface area contributed by atoms with E-state index < -0.39 is 0 Å². The SMILES string of the molecule is Cc1cccc(CNc2nnc(C(C)N)o2)n1. The predicted molar refractivity (Wildman–Crippen MR) is 63.2 cm³/mol. The van der Waals surface area contributed by atoms with E-state index in [9.17, 15) is 0 Å². The quantitative estimate of drug-likeness (QED) is 0.829. The number of rotatable bonds is 4. The third-order valence-corrected chi connectivity index (χ3v) is 2.20. The molecule has 6 heteroatoms. The Morgan fingerprint density at radius 3 is 2.88 bits per heavy atom. The lowest BCUT2D eigenvalue weighted by molar-refractivity contribution is 0.472. The van der Waals surface area contributed by atoms with E-state index in [2.05, 4.69) is 20.5 Å². The van der Waals surface area contributed by atoms with Gasteiger partial charge in [-0.25, -0.2) is 0 Å². The molecule has 0 fully saturated rings. The Labute approximate surface area is 99.3 Å². The van der Waals surface area contributed by atoms with Gasteiger partial charge >= 0.3 is 6.01 Å². The van der Waals surface area contributed by atoms with Gasteiger partial charge in [0.05, 0.1) is 18.3 Å². The van der Waals surface area contributed by atoms with Crippen LogP contribution in [-0.4, -0.2) is 15.2 Å². The number of nitrogens with one attached hydrogen (secondary N) is 1. The first-order chi connectivity index (χ1) is 8.15. The highest BCUT2D eigenvalue weighted by Crippen LogP contribution is 2.11. The fourth-order valence-electron chi connectivity index (χ4n) is 1.35. The summed E-state index contributed by atoms with van der Waals surface area (Å²) in [6, 6.07) is 5.95. The highest BCUT2D eigenvalue weighted by Gasteiger charge is 2.09. The molecule has 0 aliphatic heterocycles. The van der Waals surface area contributed by atoms with Crippen LogP contribution in [0.5, 0.6) is 0 Å². The second-order valence-electron chi connectivity index (χ2n) is 3.86. The first-order valence-electron chi connectivity index (χ1n) is 5.40. The molecule has 0 spiro atoms. The molecule has 0 saturated heterocycles. The Morgan fingerprint density at radius 1 is 1.41 bits per heavy atom. The minimum absolute atomic E-state index is 0.254. The van der Waals surface area contributed by atoms with Crippen LogP contribution in [0.3, 0.4) is 0 Å². The highest BCUT2D eigenvalue weighted by molar-refractivity contribution is 5.21. The summed E-state index contributed by atoms with van der Waals surface area (Å²) in [4.78, 5) is 4.35. The predicted octanol–water partition coefficient (Wildman–Crippen LogP) is 1.40. The summed E-state index contributed by atoms with van der Waals surface area (Å²) in [5, 5.41) is 10.7. The maximum absolute atomic E-state index is 5.62. The van der Waals surface area contributed by atoms with Crippen LogP contribution < -0.4 is 11.1 Å². The van der Waals surface area contributed by atoms with Gasteiger partial charge in [0.25, 0.3) is 0 Å². The van der Waals surface area contributed by atoms with Crippen LogP contribution in [0.15, 0.2) is 22.6 Å². The van der Waals surface area contributed by atoms with E-state index >= 15 is 0 Å². The second kappa shape index (κ2) is 4.92. The molecule has 0 aromatic carbocycles. The summed E-state index contributed by atoms with van der Waals surface area (Å²) in [6.07, 6.45) is 0. The highest BCUT2D eigenvalue weighted by atomic mass is 16.4. The summed E-state index contributed by atoms with van der Waals surface area (Å²) >= 11 is 0. The van der Waals surface area contributed by atoms with Crippen molar-refractivity contribution in [3.05, 3.63) is 35.5 Å². The van der Waals surface area contributed by atoms with Crippen molar-refractivity contribution >= 4 is 6.01 Å². The normalized spacial score (nSPS) is 12.4. The first kappa shape index (κ1) is 11.5. The van der Waals surface area contributed by atoms with Crippen LogP contribution in [0, 0.1) is 6.92 Å². The van der Waals surface area contributed by atoms with Crippen LogP contribution in [0.2, 0.25) is 0 Å². The van der Waals surface area contributed by atoms with E-state index in [1.807, 2.05) is 25.1 Å². The van der Waals surface area contributed by atoms with E-state index in [0.29, 0.717) is 18.5 Å². The van der Waals surface area contributed by atoms with E-state index in [1.165, 1.54) is 0 Å². The van der Waals surface area contributed by atoms with Gasteiger partial charge in [-0.2, -0.15) is 0 Å². The summed E-state index contributed by atoms with van der Waals surface area (Å²) < 4.78 is 5.31. The second-order valence-corrected chi connectivity index (χ2v) is 3.86. The molecule has 1 unspecified atom stereocenters. The van der Waals surface area contributed by atoms with Gasteiger partial charge < -0.3 is 15.5 Å². The zero-order valence-corrected chi connectivity index (χ0v) is 9.84. The van der Waals surface area contributed by atoms with Crippen molar-refractivity contribution in [1.29, 1.82) is 0 Å². The number of aromatic nitrogens is 3. The number of nitrogens with two attached hydrogens (primary N) is 1. The maximum atomic E-state index is 5.62. The van der Waals surface area contributed by atoms with Crippen molar-refractivity contribution in [3.8, 4) is 0 Å². The minimum atomic E-state index is -0.254. The molecule has 0 aliphatic rings. The lowest BCUT2D eigenvalue weighted by Crippen LogP contribution is -2.04. The number of aryl methyl sites for hydroxylation is 1. The fourth-order valence-corrected chi connectivity index (χ4v) is 1.35. The van der Waals surface area contributed by atoms with Gasteiger partial charge in [0.1, 0.15) is 0 Å². The minimum Gasteiger partial charge on any atom is -0.406 e. The van der Waals surface area contributed by atoms with Gasteiger partial charge in [0.15, 0.2) is 0 Å². The molecule has 2 aromatic heterocycles. The molecule has 2 rings (SSSR count). The summed E-state index contributed by atoms with van der Waals surface area (Å²) in [7, 11) is 0.